The number of carbonyl (C=O) groups is 2. The maximum absolute atomic E-state index is 12.5. The molecule has 1 aliphatic carbocycles. The molecule has 2 rings (SSSR count). The molecule has 0 atom stereocenters. The molecule has 6 heteroatoms. The zero-order chi connectivity index (χ0) is 20.2. The third-order valence-corrected chi connectivity index (χ3v) is 5.75. The highest BCUT2D eigenvalue weighted by Gasteiger charge is 2.13. The van der Waals surface area contributed by atoms with Gasteiger partial charge in [-0.3, -0.25) is 9.59 Å². The second kappa shape index (κ2) is 12.5. The summed E-state index contributed by atoms with van der Waals surface area (Å²) in [6, 6.07) is 5.75. The third-order valence-electron chi connectivity index (χ3n) is 5.49. The number of anilines is 1. The Bertz CT molecular complexity index is 668. The molecule has 0 aliphatic heterocycles. The van der Waals surface area contributed by atoms with Gasteiger partial charge in [0, 0.05) is 24.8 Å². The number of allylic oxidation sites excluding steroid dienone is 2. The van der Waals surface area contributed by atoms with Gasteiger partial charge in [-0.2, -0.15) is 0 Å². The number of aryl methyl sites for hydroxylation is 1. The van der Waals surface area contributed by atoms with Crippen LogP contribution < -0.4 is 15.4 Å². The molecule has 1 aliphatic rings. The second-order valence-electron chi connectivity index (χ2n) is 7.45. The summed E-state index contributed by atoms with van der Waals surface area (Å²) in [4.78, 5) is 23.3. The Kier molecular flexibility index (Phi) is 9.97. The van der Waals surface area contributed by atoms with E-state index in [1.165, 1.54) is 38.5 Å². The van der Waals surface area contributed by atoms with Gasteiger partial charge < -0.3 is 15.4 Å². The van der Waals surface area contributed by atoms with Gasteiger partial charge in [-0.15, -0.1) is 0 Å². The van der Waals surface area contributed by atoms with Crippen molar-refractivity contribution in [3.8, 4) is 0 Å². The molecule has 28 heavy (non-hydrogen) atoms. The van der Waals surface area contributed by atoms with Crippen LogP contribution in [-0.4, -0.2) is 25.8 Å². The standard InChI is InChI=1S/C22H33N3O2S/c1-23-21-15-19(12-11-18(21)9-6-10-20(16-26)25-28)22(27)24-14-13-17-7-4-2-3-5-8-17/h10-12,15-17,23,25,28H,2-9,13-14H2,1H3,(H,24,27)/b20-10-. The minimum absolute atomic E-state index is 0.0147. The Morgan fingerprint density at radius 2 is 1.96 bits per heavy atom. The van der Waals surface area contributed by atoms with E-state index in [-0.39, 0.29) is 5.91 Å². The number of nitrogens with one attached hydrogen (secondary N) is 3. The van der Waals surface area contributed by atoms with Gasteiger partial charge in [0.1, 0.15) is 0 Å². The summed E-state index contributed by atoms with van der Waals surface area (Å²) in [5.41, 5.74) is 3.18. The normalized spacial score (nSPS) is 15.6. The van der Waals surface area contributed by atoms with Crippen molar-refractivity contribution in [1.29, 1.82) is 0 Å². The molecule has 0 bridgehead atoms. The summed E-state index contributed by atoms with van der Waals surface area (Å²) >= 11 is 3.89. The van der Waals surface area contributed by atoms with Gasteiger partial charge in [-0.05, 0) is 42.9 Å². The molecule has 5 nitrogen and oxygen atoms in total. The van der Waals surface area contributed by atoms with E-state index < -0.39 is 0 Å². The summed E-state index contributed by atoms with van der Waals surface area (Å²) in [6.07, 6.45) is 13.1. The molecule has 0 aromatic heterocycles. The fourth-order valence-electron chi connectivity index (χ4n) is 3.82. The van der Waals surface area contributed by atoms with Crippen molar-refractivity contribution in [3.63, 3.8) is 0 Å². The van der Waals surface area contributed by atoms with Crippen LogP contribution in [0.5, 0.6) is 0 Å². The summed E-state index contributed by atoms with van der Waals surface area (Å²) in [5.74, 6) is 0.744. The van der Waals surface area contributed by atoms with Crippen LogP contribution in [0.15, 0.2) is 30.0 Å². The van der Waals surface area contributed by atoms with E-state index in [0.717, 1.165) is 42.8 Å². The SMILES string of the molecule is CNc1cc(C(=O)NCCC2CCCCCC2)ccc1CC/C=C(/C=O)NS. The lowest BCUT2D eigenvalue weighted by atomic mass is 9.96. The van der Waals surface area contributed by atoms with Crippen molar-refractivity contribution in [1.82, 2.24) is 10.0 Å². The molecule has 1 amide bonds. The van der Waals surface area contributed by atoms with Gasteiger partial charge in [-0.1, -0.05) is 63.5 Å². The molecular formula is C22H33N3O2S. The van der Waals surface area contributed by atoms with Crippen LogP contribution >= 0.6 is 12.8 Å². The average Bonchev–Trinajstić information content (AvgIpc) is 3.00. The molecule has 0 unspecified atom stereocenters. The van der Waals surface area contributed by atoms with Gasteiger partial charge in [0.2, 0.25) is 0 Å². The molecule has 0 radical (unpaired) electrons. The average molecular weight is 404 g/mol. The van der Waals surface area contributed by atoms with Crippen molar-refractivity contribution in [2.45, 2.75) is 57.8 Å². The van der Waals surface area contributed by atoms with Crippen LogP contribution in [-0.2, 0) is 11.2 Å². The first-order valence-electron chi connectivity index (χ1n) is 10.3. The van der Waals surface area contributed by atoms with Gasteiger partial charge in [0.15, 0.2) is 6.29 Å². The summed E-state index contributed by atoms with van der Waals surface area (Å²) in [5, 5.41) is 6.25. The number of hydrogen-bond donors (Lipinski definition) is 4. The Hall–Kier alpha value is -1.95. The molecule has 3 N–H and O–H groups in total. The Morgan fingerprint density at radius 1 is 1.21 bits per heavy atom. The number of hydrogen-bond acceptors (Lipinski definition) is 5. The molecular weight excluding hydrogens is 370 g/mol. The van der Waals surface area contributed by atoms with Gasteiger partial charge in [-0.25, -0.2) is 0 Å². The van der Waals surface area contributed by atoms with E-state index >= 15 is 0 Å². The zero-order valence-corrected chi connectivity index (χ0v) is 17.7. The molecule has 154 valence electrons. The van der Waals surface area contributed by atoms with E-state index in [9.17, 15) is 9.59 Å². The van der Waals surface area contributed by atoms with E-state index in [0.29, 0.717) is 17.7 Å². The van der Waals surface area contributed by atoms with Crippen LogP contribution in [0.25, 0.3) is 0 Å². The van der Waals surface area contributed by atoms with Crippen LogP contribution in [0.3, 0.4) is 0 Å². The van der Waals surface area contributed by atoms with Crippen molar-refractivity contribution < 1.29 is 9.59 Å². The molecule has 0 heterocycles. The summed E-state index contributed by atoms with van der Waals surface area (Å²) in [7, 11) is 1.86. The quantitative estimate of drug-likeness (QED) is 0.204. The fourth-order valence-corrected chi connectivity index (χ4v) is 3.96. The Balaban J connectivity index is 1.87. The van der Waals surface area contributed by atoms with Crippen molar-refractivity contribution in [3.05, 3.63) is 41.1 Å². The number of aldehydes is 1. The number of benzene rings is 1. The highest BCUT2D eigenvalue weighted by Crippen LogP contribution is 2.25. The van der Waals surface area contributed by atoms with Crippen LogP contribution in [0.2, 0.25) is 0 Å². The highest BCUT2D eigenvalue weighted by atomic mass is 32.1. The molecule has 1 aromatic carbocycles. The Labute approximate surface area is 174 Å². The van der Waals surface area contributed by atoms with Crippen LogP contribution in [0.4, 0.5) is 5.69 Å². The lowest BCUT2D eigenvalue weighted by molar-refractivity contribution is -0.105. The van der Waals surface area contributed by atoms with Crippen molar-refractivity contribution in [2.75, 3.05) is 18.9 Å². The first-order valence-corrected chi connectivity index (χ1v) is 10.8. The van der Waals surface area contributed by atoms with Crippen molar-refractivity contribution in [2.24, 2.45) is 5.92 Å². The molecule has 0 spiro atoms. The molecule has 1 saturated carbocycles. The Morgan fingerprint density at radius 3 is 2.61 bits per heavy atom. The molecule has 1 fully saturated rings. The van der Waals surface area contributed by atoms with Gasteiger partial charge in [0.25, 0.3) is 5.91 Å². The largest absolute Gasteiger partial charge is 0.388 e. The topological polar surface area (TPSA) is 70.2 Å². The van der Waals surface area contributed by atoms with Crippen LogP contribution in [0.1, 0.15) is 67.3 Å². The predicted molar refractivity (Wildman–Crippen MR) is 119 cm³/mol. The first kappa shape index (κ1) is 22.3. The van der Waals surface area contributed by atoms with E-state index in [2.05, 4.69) is 28.2 Å². The van der Waals surface area contributed by atoms with E-state index in [1.54, 1.807) is 0 Å². The first-order chi connectivity index (χ1) is 13.7. The highest BCUT2D eigenvalue weighted by molar-refractivity contribution is 7.78. The maximum Gasteiger partial charge on any atom is 0.251 e. The predicted octanol–water partition coefficient (Wildman–Crippen LogP) is 4.27. The molecule has 0 saturated heterocycles. The lowest BCUT2D eigenvalue weighted by Gasteiger charge is -2.15. The van der Waals surface area contributed by atoms with E-state index in [1.807, 2.05) is 31.3 Å². The third kappa shape index (κ3) is 7.23. The van der Waals surface area contributed by atoms with Crippen LogP contribution in [0, 0.1) is 5.92 Å². The minimum atomic E-state index is -0.0147. The minimum Gasteiger partial charge on any atom is -0.388 e. The maximum atomic E-state index is 12.5. The monoisotopic (exact) mass is 403 g/mol. The van der Waals surface area contributed by atoms with E-state index in [4.69, 9.17) is 0 Å². The number of amides is 1. The number of rotatable bonds is 10. The summed E-state index contributed by atoms with van der Waals surface area (Å²) < 4.78 is 2.56. The fraction of sp³-hybridized carbons (Fsp3) is 0.545. The zero-order valence-electron chi connectivity index (χ0n) is 16.8. The lowest BCUT2D eigenvalue weighted by Crippen LogP contribution is -2.26. The van der Waals surface area contributed by atoms with Crippen molar-refractivity contribution >= 4 is 30.7 Å². The van der Waals surface area contributed by atoms with Gasteiger partial charge >= 0.3 is 0 Å². The van der Waals surface area contributed by atoms with Gasteiger partial charge in [0.05, 0.1) is 5.70 Å². The number of carbonyl (C=O) groups excluding carboxylic acids is 2. The summed E-state index contributed by atoms with van der Waals surface area (Å²) in [6.45, 7) is 0.746. The molecule has 1 aromatic rings. The number of thiol groups is 1. The smallest absolute Gasteiger partial charge is 0.251 e. The second-order valence-corrected chi connectivity index (χ2v) is 7.68.